The second-order valence-corrected chi connectivity index (χ2v) is 7.76. The number of anilines is 3. The Morgan fingerprint density at radius 2 is 1.93 bits per heavy atom. The van der Waals surface area contributed by atoms with E-state index in [2.05, 4.69) is 27.0 Å². The first-order valence-corrected chi connectivity index (χ1v) is 10.2. The number of benzene rings is 2. The molecule has 1 aliphatic rings. The van der Waals surface area contributed by atoms with Gasteiger partial charge in [-0.05, 0) is 53.8 Å². The molecule has 2 heterocycles. The summed E-state index contributed by atoms with van der Waals surface area (Å²) in [6.45, 7) is 1.84. The molecule has 8 heteroatoms. The van der Waals surface area contributed by atoms with Crippen molar-refractivity contribution in [1.29, 1.82) is 0 Å². The van der Waals surface area contributed by atoms with Gasteiger partial charge >= 0.3 is 0 Å². The quantitative estimate of drug-likeness (QED) is 0.470. The summed E-state index contributed by atoms with van der Waals surface area (Å²) in [5.74, 6) is -0.267. The molecule has 1 aliphatic heterocycles. The summed E-state index contributed by atoms with van der Waals surface area (Å²) in [7, 11) is 0. The van der Waals surface area contributed by atoms with Gasteiger partial charge in [0.05, 0.1) is 11.5 Å². The Hall–Kier alpha value is -3.39. The van der Waals surface area contributed by atoms with Crippen LogP contribution in [0, 0.1) is 10.1 Å². The first-order chi connectivity index (χ1) is 14.1. The standard InChI is InChI=1S/C21H20N4O3S/c26-21(13-22-18-3-1-2-4-19(18)25(27)28)23-16-5-7-17(8-6-16)24-11-9-20-15(14-24)10-12-29-20/h1-8,10,12,22H,9,11,13-14H2,(H,23,26). The Kier molecular flexibility index (Phi) is 5.44. The van der Waals surface area contributed by atoms with Gasteiger partial charge < -0.3 is 15.5 Å². The SMILES string of the molecule is O=C(CNc1ccccc1[N+](=O)[O-])Nc1ccc(N2CCc3sccc3C2)cc1. The van der Waals surface area contributed by atoms with Crippen molar-refractivity contribution in [1.82, 2.24) is 0 Å². The van der Waals surface area contributed by atoms with Gasteiger partial charge in [0.15, 0.2) is 0 Å². The molecular weight excluding hydrogens is 388 g/mol. The molecule has 7 nitrogen and oxygen atoms in total. The third-order valence-corrected chi connectivity index (χ3v) is 5.89. The molecule has 4 rings (SSSR count). The van der Waals surface area contributed by atoms with Crippen LogP contribution in [0.1, 0.15) is 10.4 Å². The Labute approximate surface area is 172 Å². The van der Waals surface area contributed by atoms with Gasteiger partial charge in [-0.3, -0.25) is 14.9 Å². The van der Waals surface area contributed by atoms with E-state index in [1.165, 1.54) is 16.5 Å². The molecule has 0 atom stereocenters. The molecule has 3 aromatic rings. The topological polar surface area (TPSA) is 87.5 Å². The fraction of sp³-hybridized carbons (Fsp3) is 0.190. The van der Waals surface area contributed by atoms with Gasteiger partial charge in [-0.15, -0.1) is 11.3 Å². The summed E-state index contributed by atoms with van der Waals surface area (Å²) in [4.78, 5) is 26.6. The first kappa shape index (κ1) is 18.9. The zero-order chi connectivity index (χ0) is 20.2. The van der Waals surface area contributed by atoms with Crippen LogP contribution in [0.25, 0.3) is 0 Å². The van der Waals surface area contributed by atoms with Gasteiger partial charge in [-0.25, -0.2) is 0 Å². The van der Waals surface area contributed by atoms with E-state index in [1.807, 2.05) is 35.6 Å². The number of fused-ring (bicyclic) bond motifs is 1. The van der Waals surface area contributed by atoms with E-state index < -0.39 is 4.92 Å². The van der Waals surface area contributed by atoms with E-state index >= 15 is 0 Å². The molecule has 0 aliphatic carbocycles. The van der Waals surface area contributed by atoms with E-state index in [-0.39, 0.29) is 18.1 Å². The summed E-state index contributed by atoms with van der Waals surface area (Å²) in [6.07, 6.45) is 1.06. The molecule has 0 spiro atoms. The molecule has 0 saturated carbocycles. The van der Waals surface area contributed by atoms with Gasteiger partial charge in [-0.2, -0.15) is 0 Å². The van der Waals surface area contributed by atoms with Crippen molar-refractivity contribution in [2.45, 2.75) is 13.0 Å². The zero-order valence-electron chi connectivity index (χ0n) is 15.6. The number of amides is 1. The van der Waals surface area contributed by atoms with Crippen molar-refractivity contribution in [3.05, 3.63) is 80.5 Å². The number of nitro benzene ring substituents is 1. The molecular formula is C21H20N4O3S. The molecule has 29 heavy (non-hydrogen) atoms. The highest BCUT2D eigenvalue weighted by atomic mass is 32.1. The highest BCUT2D eigenvalue weighted by molar-refractivity contribution is 7.10. The van der Waals surface area contributed by atoms with E-state index in [1.54, 1.807) is 18.2 Å². The first-order valence-electron chi connectivity index (χ1n) is 9.27. The van der Waals surface area contributed by atoms with Crippen molar-refractivity contribution >= 4 is 40.0 Å². The Morgan fingerprint density at radius 3 is 2.72 bits per heavy atom. The van der Waals surface area contributed by atoms with Crippen LogP contribution in [0.2, 0.25) is 0 Å². The molecule has 0 saturated heterocycles. The van der Waals surface area contributed by atoms with Gasteiger partial charge in [0.1, 0.15) is 5.69 Å². The second kappa shape index (κ2) is 8.32. The Bertz CT molecular complexity index is 1030. The minimum absolute atomic E-state index is 0.0556. The van der Waals surface area contributed by atoms with E-state index in [4.69, 9.17) is 0 Å². The summed E-state index contributed by atoms with van der Waals surface area (Å²) in [6, 6.07) is 16.2. The zero-order valence-corrected chi connectivity index (χ0v) is 16.4. The van der Waals surface area contributed by atoms with E-state index in [0.29, 0.717) is 11.4 Å². The molecule has 0 fully saturated rings. The number of nitrogens with one attached hydrogen (secondary N) is 2. The lowest BCUT2D eigenvalue weighted by atomic mass is 10.1. The summed E-state index contributed by atoms with van der Waals surface area (Å²) >= 11 is 1.82. The van der Waals surface area contributed by atoms with Crippen LogP contribution in [0.15, 0.2) is 60.0 Å². The normalized spacial score (nSPS) is 12.9. The van der Waals surface area contributed by atoms with Crippen molar-refractivity contribution in [2.24, 2.45) is 0 Å². The van der Waals surface area contributed by atoms with Crippen molar-refractivity contribution in [3.8, 4) is 0 Å². The number of hydrogen-bond acceptors (Lipinski definition) is 6. The van der Waals surface area contributed by atoms with Gasteiger partial charge in [0.25, 0.3) is 5.69 Å². The third-order valence-electron chi connectivity index (χ3n) is 4.86. The average Bonchev–Trinajstić information content (AvgIpc) is 3.21. The van der Waals surface area contributed by atoms with Crippen LogP contribution in [-0.4, -0.2) is 23.9 Å². The van der Waals surface area contributed by atoms with E-state index in [9.17, 15) is 14.9 Å². The van der Waals surface area contributed by atoms with Crippen LogP contribution in [0.5, 0.6) is 0 Å². The number of nitrogens with zero attached hydrogens (tertiary/aromatic N) is 2. The molecule has 0 bridgehead atoms. The van der Waals surface area contributed by atoms with Crippen LogP contribution in [0.4, 0.5) is 22.7 Å². The van der Waals surface area contributed by atoms with Crippen LogP contribution in [0.3, 0.4) is 0 Å². The lowest BCUT2D eigenvalue weighted by Gasteiger charge is -2.29. The number of rotatable bonds is 6. The minimum atomic E-state index is -0.474. The maximum absolute atomic E-state index is 12.2. The van der Waals surface area contributed by atoms with Gasteiger partial charge in [-0.1, -0.05) is 12.1 Å². The number of thiophene rings is 1. The van der Waals surface area contributed by atoms with Crippen molar-refractivity contribution in [3.63, 3.8) is 0 Å². The molecule has 0 radical (unpaired) electrons. The fourth-order valence-electron chi connectivity index (χ4n) is 3.39. The van der Waals surface area contributed by atoms with Gasteiger partial charge in [0, 0.05) is 35.4 Å². The average molecular weight is 408 g/mol. The van der Waals surface area contributed by atoms with Crippen LogP contribution in [-0.2, 0) is 17.8 Å². The molecule has 2 N–H and O–H groups in total. The number of nitro groups is 1. The van der Waals surface area contributed by atoms with E-state index in [0.717, 1.165) is 25.2 Å². The molecule has 148 valence electrons. The van der Waals surface area contributed by atoms with Gasteiger partial charge in [0.2, 0.25) is 5.91 Å². The predicted molar refractivity (Wildman–Crippen MR) is 116 cm³/mol. The number of carbonyl (C=O) groups is 1. The largest absolute Gasteiger partial charge is 0.371 e. The molecule has 1 aromatic heterocycles. The summed E-state index contributed by atoms with van der Waals surface area (Å²) in [5.41, 5.74) is 3.47. The summed E-state index contributed by atoms with van der Waals surface area (Å²) < 4.78 is 0. The third kappa shape index (κ3) is 4.38. The number of para-hydroxylation sites is 2. The number of carbonyl (C=O) groups excluding carboxylic acids is 1. The van der Waals surface area contributed by atoms with Crippen LogP contribution < -0.4 is 15.5 Å². The lowest BCUT2D eigenvalue weighted by molar-refractivity contribution is -0.383. The molecule has 1 amide bonds. The van der Waals surface area contributed by atoms with Crippen molar-refractivity contribution < 1.29 is 9.72 Å². The molecule has 0 unspecified atom stereocenters. The Balaban J connectivity index is 1.33. The van der Waals surface area contributed by atoms with Crippen molar-refractivity contribution in [2.75, 3.05) is 28.6 Å². The highest BCUT2D eigenvalue weighted by Crippen LogP contribution is 2.28. The monoisotopic (exact) mass is 408 g/mol. The fourth-order valence-corrected chi connectivity index (χ4v) is 4.28. The highest BCUT2D eigenvalue weighted by Gasteiger charge is 2.17. The maximum atomic E-state index is 12.2. The minimum Gasteiger partial charge on any atom is -0.371 e. The maximum Gasteiger partial charge on any atom is 0.292 e. The predicted octanol–water partition coefficient (Wildman–Crippen LogP) is 4.27. The Morgan fingerprint density at radius 1 is 1.14 bits per heavy atom. The molecule has 2 aromatic carbocycles. The smallest absolute Gasteiger partial charge is 0.292 e. The number of hydrogen-bond donors (Lipinski definition) is 2. The summed E-state index contributed by atoms with van der Waals surface area (Å²) in [5, 5.41) is 18.8. The van der Waals surface area contributed by atoms with Crippen LogP contribution >= 0.6 is 11.3 Å². The second-order valence-electron chi connectivity index (χ2n) is 6.76. The lowest BCUT2D eigenvalue weighted by Crippen LogP contribution is -2.29.